The number of nitrogens with one attached hydrogen (secondary N) is 1. The molecule has 1 amide bonds. The number of amides is 1. The minimum absolute atomic E-state index is 0.109. The van der Waals surface area contributed by atoms with Crippen LogP contribution in [0.2, 0.25) is 5.02 Å². The Morgan fingerprint density at radius 3 is 2.48 bits per heavy atom. The summed E-state index contributed by atoms with van der Waals surface area (Å²) in [6, 6.07) is 16.9. The van der Waals surface area contributed by atoms with Crippen LogP contribution >= 0.6 is 11.6 Å². The Hall–Kier alpha value is -3.05. The lowest BCUT2D eigenvalue weighted by Crippen LogP contribution is -2.42. The maximum absolute atomic E-state index is 12.5. The van der Waals surface area contributed by atoms with E-state index in [1.54, 1.807) is 30.3 Å². The molecular formula is C21H18ClNO4. The normalized spacial score (nSPS) is 11.8. The summed E-state index contributed by atoms with van der Waals surface area (Å²) in [6.07, 6.45) is 0.109. The van der Waals surface area contributed by atoms with Crippen LogP contribution in [0.15, 0.2) is 60.7 Å². The second kappa shape index (κ2) is 8.10. The summed E-state index contributed by atoms with van der Waals surface area (Å²) in [5, 5.41) is 14.4. The van der Waals surface area contributed by atoms with E-state index in [4.69, 9.17) is 16.3 Å². The van der Waals surface area contributed by atoms with E-state index in [1.165, 1.54) is 7.11 Å². The zero-order valence-electron chi connectivity index (χ0n) is 14.6. The number of hydrogen-bond donors (Lipinski definition) is 2. The first-order valence-corrected chi connectivity index (χ1v) is 8.70. The Balaban J connectivity index is 1.77. The first-order chi connectivity index (χ1) is 13.0. The van der Waals surface area contributed by atoms with E-state index in [0.717, 1.165) is 10.8 Å². The summed E-state index contributed by atoms with van der Waals surface area (Å²) in [7, 11) is 1.50. The monoisotopic (exact) mass is 383 g/mol. The van der Waals surface area contributed by atoms with Gasteiger partial charge in [0.1, 0.15) is 11.8 Å². The lowest BCUT2D eigenvalue weighted by Gasteiger charge is -2.15. The van der Waals surface area contributed by atoms with Crippen molar-refractivity contribution in [1.29, 1.82) is 0 Å². The summed E-state index contributed by atoms with van der Waals surface area (Å²) < 4.78 is 5.09. The quantitative estimate of drug-likeness (QED) is 0.676. The van der Waals surface area contributed by atoms with Crippen molar-refractivity contribution in [1.82, 2.24) is 5.32 Å². The van der Waals surface area contributed by atoms with Gasteiger partial charge in [0.25, 0.3) is 5.91 Å². The third-order valence-corrected chi connectivity index (χ3v) is 4.57. The van der Waals surface area contributed by atoms with Crippen LogP contribution in [-0.4, -0.2) is 30.1 Å². The van der Waals surface area contributed by atoms with E-state index in [2.05, 4.69) is 5.32 Å². The average molecular weight is 384 g/mol. The van der Waals surface area contributed by atoms with E-state index in [9.17, 15) is 14.7 Å². The highest BCUT2D eigenvalue weighted by Gasteiger charge is 2.21. The van der Waals surface area contributed by atoms with E-state index in [0.29, 0.717) is 21.9 Å². The molecule has 27 heavy (non-hydrogen) atoms. The fourth-order valence-electron chi connectivity index (χ4n) is 2.84. The molecule has 5 nitrogen and oxygen atoms in total. The SMILES string of the molecule is COc1ccc(C[C@@H](NC(=O)c2ccc3ccccc3c2)C(=O)O)cc1Cl. The number of carbonyl (C=O) groups is 2. The maximum Gasteiger partial charge on any atom is 0.326 e. The molecule has 3 aromatic carbocycles. The van der Waals surface area contributed by atoms with Gasteiger partial charge in [-0.05, 0) is 40.6 Å². The Bertz CT molecular complexity index is 1000. The van der Waals surface area contributed by atoms with Crippen molar-refractivity contribution in [3.8, 4) is 5.75 Å². The number of hydrogen-bond acceptors (Lipinski definition) is 3. The van der Waals surface area contributed by atoms with Gasteiger partial charge in [0.2, 0.25) is 0 Å². The van der Waals surface area contributed by atoms with Gasteiger partial charge in [-0.25, -0.2) is 4.79 Å². The summed E-state index contributed by atoms with van der Waals surface area (Å²) in [4.78, 5) is 24.2. The van der Waals surface area contributed by atoms with E-state index in [-0.39, 0.29) is 6.42 Å². The molecule has 0 unspecified atom stereocenters. The molecule has 0 bridgehead atoms. The first-order valence-electron chi connectivity index (χ1n) is 8.33. The molecule has 0 spiro atoms. The van der Waals surface area contributed by atoms with Crippen LogP contribution in [0.25, 0.3) is 10.8 Å². The lowest BCUT2D eigenvalue weighted by atomic mass is 10.0. The van der Waals surface area contributed by atoms with Crippen molar-refractivity contribution in [2.45, 2.75) is 12.5 Å². The number of halogens is 1. The van der Waals surface area contributed by atoms with Crippen molar-refractivity contribution in [3.05, 3.63) is 76.8 Å². The number of carboxylic acids is 1. The van der Waals surface area contributed by atoms with Gasteiger partial charge in [-0.3, -0.25) is 4.79 Å². The summed E-state index contributed by atoms with van der Waals surface area (Å²) in [5.41, 5.74) is 1.10. The second-order valence-corrected chi connectivity index (χ2v) is 6.51. The number of methoxy groups -OCH3 is 1. The van der Waals surface area contributed by atoms with Crippen LogP contribution < -0.4 is 10.1 Å². The van der Waals surface area contributed by atoms with Gasteiger partial charge >= 0.3 is 5.97 Å². The fourth-order valence-corrected chi connectivity index (χ4v) is 3.13. The molecule has 3 aromatic rings. The molecule has 6 heteroatoms. The van der Waals surface area contributed by atoms with Gasteiger partial charge in [0.15, 0.2) is 0 Å². The maximum atomic E-state index is 12.5. The first kappa shape index (κ1) is 18.7. The van der Waals surface area contributed by atoms with Crippen LogP contribution in [0.1, 0.15) is 15.9 Å². The molecule has 0 aliphatic heterocycles. The number of ether oxygens (including phenoxy) is 1. The van der Waals surface area contributed by atoms with Crippen LogP contribution in [0.5, 0.6) is 5.75 Å². The van der Waals surface area contributed by atoms with Crippen molar-refractivity contribution in [2.24, 2.45) is 0 Å². The van der Waals surface area contributed by atoms with Gasteiger partial charge in [-0.15, -0.1) is 0 Å². The number of carbonyl (C=O) groups excluding carboxylic acids is 1. The lowest BCUT2D eigenvalue weighted by molar-refractivity contribution is -0.139. The van der Waals surface area contributed by atoms with E-state index >= 15 is 0 Å². The molecule has 138 valence electrons. The standard InChI is InChI=1S/C21H18ClNO4/c1-27-19-9-6-13(10-17(19)22)11-18(21(25)26)23-20(24)16-8-7-14-4-2-3-5-15(14)12-16/h2-10,12,18H,11H2,1H3,(H,23,24)(H,25,26)/t18-/m1/s1. The Kier molecular flexibility index (Phi) is 5.62. The van der Waals surface area contributed by atoms with Crippen molar-refractivity contribution >= 4 is 34.2 Å². The van der Waals surface area contributed by atoms with Crippen LogP contribution in [0.4, 0.5) is 0 Å². The molecule has 0 fully saturated rings. The summed E-state index contributed by atoms with van der Waals surface area (Å²) >= 11 is 6.09. The van der Waals surface area contributed by atoms with Gasteiger partial charge in [-0.2, -0.15) is 0 Å². The van der Waals surface area contributed by atoms with Crippen LogP contribution in [-0.2, 0) is 11.2 Å². The molecule has 0 saturated carbocycles. The summed E-state index contributed by atoms with van der Waals surface area (Å²) in [5.74, 6) is -1.05. The minimum Gasteiger partial charge on any atom is -0.495 e. The predicted molar refractivity (Wildman–Crippen MR) is 105 cm³/mol. The zero-order valence-corrected chi connectivity index (χ0v) is 15.4. The predicted octanol–water partition coefficient (Wildman–Crippen LogP) is 3.93. The van der Waals surface area contributed by atoms with Crippen molar-refractivity contribution in [2.75, 3.05) is 7.11 Å². The second-order valence-electron chi connectivity index (χ2n) is 6.10. The largest absolute Gasteiger partial charge is 0.495 e. The highest BCUT2D eigenvalue weighted by molar-refractivity contribution is 6.32. The smallest absolute Gasteiger partial charge is 0.326 e. The average Bonchev–Trinajstić information content (AvgIpc) is 2.67. The molecule has 1 atom stereocenters. The number of fused-ring (bicyclic) bond motifs is 1. The molecule has 3 rings (SSSR count). The van der Waals surface area contributed by atoms with E-state index < -0.39 is 17.9 Å². The third kappa shape index (κ3) is 4.38. The number of aliphatic carboxylic acids is 1. The molecule has 0 aliphatic rings. The Morgan fingerprint density at radius 2 is 1.81 bits per heavy atom. The Labute approximate surface area is 161 Å². The van der Waals surface area contributed by atoms with Gasteiger partial charge in [-0.1, -0.05) is 48.0 Å². The van der Waals surface area contributed by atoms with Crippen molar-refractivity contribution in [3.63, 3.8) is 0 Å². The molecule has 0 heterocycles. The van der Waals surface area contributed by atoms with Gasteiger partial charge < -0.3 is 15.2 Å². The molecule has 0 aliphatic carbocycles. The minimum atomic E-state index is -1.11. The molecule has 0 radical (unpaired) electrons. The van der Waals surface area contributed by atoms with Crippen LogP contribution in [0, 0.1) is 0 Å². The number of carboxylic acid groups (broad SMARTS) is 1. The number of benzene rings is 3. The third-order valence-electron chi connectivity index (χ3n) is 4.27. The Morgan fingerprint density at radius 1 is 1.07 bits per heavy atom. The van der Waals surface area contributed by atoms with Gasteiger partial charge in [0.05, 0.1) is 12.1 Å². The molecular weight excluding hydrogens is 366 g/mol. The van der Waals surface area contributed by atoms with Gasteiger partial charge in [0, 0.05) is 12.0 Å². The molecule has 0 saturated heterocycles. The zero-order chi connectivity index (χ0) is 19.4. The molecule has 2 N–H and O–H groups in total. The summed E-state index contributed by atoms with van der Waals surface area (Å²) in [6.45, 7) is 0. The van der Waals surface area contributed by atoms with Crippen molar-refractivity contribution < 1.29 is 19.4 Å². The van der Waals surface area contributed by atoms with E-state index in [1.807, 2.05) is 30.3 Å². The number of rotatable bonds is 6. The topological polar surface area (TPSA) is 75.6 Å². The highest BCUT2D eigenvalue weighted by Crippen LogP contribution is 2.25. The highest BCUT2D eigenvalue weighted by atomic mass is 35.5. The van der Waals surface area contributed by atoms with Crippen LogP contribution in [0.3, 0.4) is 0 Å². The molecule has 0 aromatic heterocycles. The fraction of sp³-hybridized carbons (Fsp3) is 0.143.